The highest BCUT2D eigenvalue weighted by atomic mass is 16.6. The lowest BCUT2D eigenvalue weighted by molar-refractivity contribution is 0.00688. The first-order valence-electron chi connectivity index (χ1n) is 11.5. The molecule has 0 bridgehead atoms. The molecule has 0 aliphatic carbocycles. The molecule has 1 amide bonds. The molecule has 2 aromatic heterocycles. The number of nitrogens with one attached hydrogen (secondary N) is 2. The molecule has 0 aliphatic heterocycles. The molecule has 3 aromatic rings. The van der Waals surface area contributed by atoms with E-state index in [2.05, 4.69) is 20.5 Å². The van der Waals surface area contributed by atoms with E-state index in [0.717, 1.165) is 11.6 Å². The second-order valence-electron chi connectivity index (χ2n) is 10.7. The number of pyridine rings is 1. The summed E-state index contributed by atoms with van der Waals surface area (Å²) >= 11 is 0. The number of esters is 1. The normalized spacial score (nSPS) is 13.5. The van der Waals surface area contributed by atoms with Crippen LogP contribution in [0.15, 0.2) is 51.7 Å². The van der Waals surface area contributed by atoms with Crippen LogP contribution in [0.1, 0.15) is 70.3 Å². The summed E-state index contributed by atoms with van der Waals surface area (Å²) in [5.41, 5.74) is -2.02. The van der Waals surface area contributed by atoms with Crippen molar-refractivity contribution in [2.24, 2.45) is 0 Å². The highest BCUT2D eigenvalue weighted by molar-refractivity contribution is 5.90. The van der Waals surface area contributed by atoms with E-state index in [4.69, 9.17) is 13.9 Å². The fourth-order valence-corrected chi connectivity index (χ4v) is 3.37. The van der Waals surface area contributed by atoms with Crippen LogP contribution in [-0.2, 0) is 21.4 Å². The largest absolute Gasteiger partial charge is 0.456 e. The number of carbonyl (C=O) groups excluding carboxylic acids is 2. The van der Waals surface area contributed by atoms with Crippen LogP contribution in [0.2, 0.25) is 0 Å². The molecule has 0 aliphatic rings. The summed E-state index contributed by atoms with van der Waals surface area (Å²) < 4.78 is 16.7. The maximum Gasteiger partial charge on any atom is 0.408 e. The van der Waals surface area contributed by atoms with Crippen LogP contribution in [0.3, 0.4) is 0 Å². The van der Waals surface area contributed by atoms with Gasteiger partial charge in [0.25, 0.3) is 5.89 Å². The fraction of sp³-hybridized carbons (Fsp3) is 0.423. The Labute approximate surface area is 209 Å². The number of rotatable bonds is 6. The summed E-state index contributed by atoms with van der Waals surface area (Å²) in [4.78, 5) is 40.0. The second-order valence-corrected chi connectivity index (χ2v) is 10.7. The number of ether oxygens (including phenoxy) is 2. The lowest BCUT2D eigenvalue weighted by Gasteiger charge is -2.29. The van der Waals surface area contributed by atoms with Gasteiger partial charge in [-0.3, -0.25) is 4.79 Å². The average Bonchev–Trinajstić information content (AvgIpc) is 3.22. The lowest BCUT2D eigenvalue weighted by atomic mass is 9.92. The standard InChI is InChI=1S/C26H32N4O6/c1-24(2,3)35-21(32)17-13-18(27-19(31)14-17)20-29-30-22(34-20)26(7,15-16-11-9-8-10-12-16)28-23(33)36-25(4,5)6/h8-14H,15H2,1-7H3,(H,27,31)(H,28,33)/t26-/m1/s1. The van der Waals surface area contributed by atoms with Crippen molar-refractivity contribution >= 4 is 12.1 Å². The van der Waals surface area contributed by atoms with Gasteiger partial charge < -0.3 is 24.2 Å². The van der Waals surface area contributed by atoms with Crippen molar-refractivity contribution in [3.8, 4) is 11.6 Å². The van der Waals surface area contributed by atoms with E-state index >= 15 is 0 Å². The first-order chi connectivity index (χ1) is 16.6. The van der Waals surface area contributed by atoms with Crippen molar-refractivity contribution in [3.05, 3.63) is 69.8 Å². The van der Waals surface area contributed by atoms with Crippen LogP contribution < -0.4 is 10.9 Å². The summed E-state index contributed by atoms with van der Waals surface area (Å²) in [5, 5.41) is 11.1. The maximum absolute atomic E-state index is 12.7. The Morgan fingerprint density at radius 2 is 1.58 bits per heavy atom. The number of alkyl carbamates (subject to hydrolysis) is 1. The van der Waals surface area contributed by atoms with Gasteiger partial charge in [-0.25, -0.2) is 9.59 Å². The van der Waals surface area contributed by atoms with Crippen LogP contribution in [0, 0.1) is 0 Å². The molecule has 192 valence electrons. The van der Waals surface area contributed by atoms with Crippen LogP contribution >= 0.6 is 0 Å². The molecular formula is C26H32N4O6. The molecule has 0 saturated carbocycles. The molecule has 0 radical (unpaired) electrons. The molecule has 0 fully saturated rings. The van der Waals surface area contributed by atoms with Gasteiger partial charge in [0.15, 0.2) is 0 Å². The zero-order valence-electron chi connectivity index (χ0n) is 21.6. The Morgan fingerprint density at radius 1 is 0.944 bits per heavy atom. The van der Waals surface area contributed by atoms with Gasteiger partial charge in [-0.1, -0.05) is 30.3 Å². The van der Waals surface area contributed by atoms with Gasteiger partial charge in [0, 0.05) is 12.5 Å². The van der Waals surface area contributed by atoms with E-state index in [1.807, 2.05) is 30.3 Å². The Hall–Kier alpha value is -3.95. The van der Waals surface area contributed by atoms with E-state index in [1.165, 1.54) is 6.07 Å². The molecule has 36 heavy (non-hydrogen) atoms. The van der Waals surface area contributed by atoms with Gasteiger partial charge in [-0.15, -0.1) is 10.2 Å². The second kappa shape index (κ2) is 9.96. The first kappa shape index (κ1) is 26.7. The number of carbonyl (C=O) groups is 2. The van der Waals surface area contributed by atoms with Crippen molar-refractivity contribution in [2.45, 2.75) is 71.6 Å². The molecule has 1 atom stereocenters. The van der Waals surface area contributed by atoms with E-state index in [-0.39, 0.29) is 23.0 Å². The summed E-state index contributed by atoms with van der Waals surface area (Å²) in [5.74, 6) is -0.594. The molecule has 2 N–H and O–H groups in total. The highest BCUT2D eigenvalue weighted by Crippen LogP contribution is 2.28. The van der Waals surface area contributed by atoms with Gasteiger partial charge >= 0.3 is 12.1 Å². The Morgan fingerprint density at radius 3 is 2.19 bits per heavy atom. The van der Waals surface area contributed by atoms with E-state index in [1.54, 1.807) is 48.5 Å². The van der Waals surface area contributed by atoms with E-state index < -0.39 is 34.4 Å². The Kier molecular flexibility index (Phi) is 7.38. The zero-order valence-corrected chi connectivity index (χ0v) is 21.6. The molecule has 10 heteroatoms. The third kappa shape index (κ3) is 7.27. The SMILES string of the molecule is CC(C)(C)OC(=O)N[C@](C)(Cc1ccccc1)c1nnc(-c2cc(C(=O)OC(C)(C)C)cc(=O)[nH]2)o1. The molecule has 0 saturated heterocycles. The molecule has 0 spiro atoms. The topological polar surface area (TPSA) is 136 Å². The van der Waals surface area contributed by atoms with Crippen LogP contribution in [0.25, 0.3) is 11.6 Å². The number of hydrogen-bond acceptors (Lipinski definition) is 8. The lowest BCUT2D eigenvalue weighted by Crippen LogP contribution is -2.47. The van der Waals surface area contributed by atoms with Crippen molar-refractivity contribution in [2.75, 3.05) is 0 Å². The summed E-state index contributed by atoms with van der Waals surface area (Å²) in [6.07, 6.45) is -0.329. The number of aromatic nitrogens is 3. The van der Waals surface area contributed by atoms with Crippen molar-refractivity contribution < 1.29 is 23.5 Å². The third-order valence-electron chi connectivity index (χ3n) is 4.78. The molecule has 1 aromatic carbocycles. The molecule has 2 heterocycles. The molecule has 3 rings (SSSR count). The summed E-state index contributed by atoms with van der Waals surface area (Å²) in [7, 11) is 0. The van der Waals surface area contributed by atoms with Gasteiger partial charge in [0.1, 0.15) is 22.4 Å². The van der Waals surface area contributed by atoms with Crippen molar-refractivity contribution in [1.29, 1.82) is 0 Å². The minimum Gasteiger partial charge on any atom is -0.456 e. The van der Waals surface area contributed by atoms with Gasteiger partial charge in [0.2, 0.25) is 11.4 Å². The van der Waals surface area contributed by atoms with Gasteiger partial charge in [0.05, 0.1) is 5.56 Å². The zero-order chi connectivity index (χ0) is 26.7. The van der Waals surface area contributed by atoms with Crippen LogP contribution in [-0.4, -0.2) is 38.4 Å². The van der Waals surface area contributed by atoms with Gasteiger partial charge in [-0.2, -0.15) is 0 Å². The quantitative estimate of drug-likeness (QED) is 0.480. The predicted molar refractivity (Wildman–Crippen MR) is 132 cm³/mol. The molecule has 10 nitrogen and oxygen atoms in total. The van der Waals surface area contributed by atoms with Gasteiger partial charge in [-0.05, 0) is 60.1 Å². The Bertz CT molecular complexity index is 1280. The molecular weight excluding hydrogens is 464 g/mol. The number of H-pyrrole nitrogens is 1. The monoisotopic (exact) mass is 496 g/mol. The minimum absolute atomic E-state index is 0.0298. The Balaban J connectivity index is 1.97. The number of nitrogens with zero attached hydrogens (tertiary/aromatic N) is 2. The fourth-order valence-electron chi connectivity index (χ4n) is 3.37. The summed E-state index contributed by atoms with van der Waals surface area (Å²) in [6.45, 7) is 12.2. The smallest absolute Gasteiger partial charge is 0.408 e. The predicted octanol–water partition coefficient (Wildman–Crippen LogP) is 4.36. The van der Waals surface area contributed by atoms with Crippen molar-refractivity contribution in [3.63, 3.8) is 0 Å². The first-order valence-corrected chi connectivity index (χ1v) is 11.5. The number of amides is 1. The average molecular weight is 497 g/mol. The van der Waals surface area contributed by atoms with Crippen LogP contribution in [0.5, 0.6) is 0 Å². The van der Waals surface area contributed by atoms with E-state index in [0.29, 0.717) is 6.42 Å². The van der Waals surface area contributed by atoms with E-state index in [9.17, 15) is 14.4 Å². The number of aromatic amines is 1. The van der Waals surface area contributed by atoms with Crippen LogP contribution in [0.4, 0.5) is 4.79 Å². The number of hydrogen-bond donors (Lipinski definition) is 2. The maximum atomic E-state index is 12.7. The third-order valence-corrected chi connectivity index (χ3v) is 4.78. The highest BCUT2D eigenvalue weighted by Gasteiger charge is 2.37. The molecule has 0 unspecified atom stereocenters. The number of benzene rings is 1. The van der Waals surface area contributed by atoms with Crippen molar-refractivity contribution in [1.82, 2.24) is 20.5 Å². The minimum atomic E-state index is -1.14. The summed E-state index contributed by atoms with van der Waals surface area (Å²) in [6, 6.07) is 12.0.